The van der Waals surface area contributed by atoms with Gasteiger partial charge in [-0.1, -0.05) is 56.0 Å². The van der Waals surface area contributed by atoms with Crippen LogP contribution >= 0.6 is 0 Å². The van der Waals surface area contributed by atoms with Gasteiger partial charge in [0.05, 0.1) is 6.42 Å². The van der Waals surface area contributed by atoms with Crippen molar-refractivity contribution in [3.63, 3.8) is 0 Å². The van der Waals surface area contributed by atoms with Crippen molar-refractivity contribution in [3.05, 3.63) is 77.4 Å². The molecule has 30 heavy (non-hydrogen) atoms. The number of hydrogen-bond donors (Lipinski definition) is 0. The first-order valence-electron chi connectivity index (χ1n) is 9.98. The highest BCUT2D eigenvalue weighted by Crippen LogP contribution is 2.31. The minimum absolute atomic E-state index is 0.00573. The molecule has 0 aromatic heterocycles. The number of ether oxygens (including phenoxy) is 1. The number of nitrogens with zero attached hydrogens (tertiary/aromatic N) is 2. The van der Waals surface area contributed by atoms with Crippen LogP contribution < -0.4 is 0 Å². The molecule has 0 spiro atoms. The zero-order valence-corrected chi connectivity index (χ0v) is 17.4. The van der Waals surface area contributed by atoms with E-state index in [2.05, 4.69) is 13.5 Å². The molecule has 0 unspecified atom stereocenters. The van der Waals surface area contributed by atoms with Gasteiger partial charge < -0.3 is 14.5 Å². The predicted octanol–water partition coefficient (Wildman–Crippen LogP) is 3.27. The molecule has 0 bridgehead atoms. The minimum atomic E-state index is -0.527. The quantitative estimate of drug-likeness (QED) is 0.631. The Bertz CT molecular complexity index is 930. The molecule has 0 radical (unpaired) electrons. The maximum atomic E-state index is 12.4. The van der Waals surface area contributed by atoms with E-state index in [1.54, 1.807) is 19.2 Å². The number of hydrogen-bond acceptors (Lipinski definition) is 4. The summed E-state index contributed by atoms with van der Waals surface area (Å²) in [5.74, 6) is -0.981. The summed E-state index contributed by atoms with van der Waals surface area (Å²) >= 11 is 0. The van der Waals surface area contributed by atoms with Crippen LogP contribution in [0.4, 0.5) is 0 Å². The van der Waals surface area contributed by atoms with Crippen molar-refractivity contribution in [1.29, 1.82) is 0 Å². The first-order chi connectivity index (χ1) is 14.4. The van der Waals surface area contributed by atoms with Gasteiger partial charge in [-0.2, -0.15) is 0 Å². The lowest BCUT2D eigenvalue weighted by atomic mass is 10.1. The van der Waals surface area contributed by atoms with Crippen LogP contribution in [0.5, 0.6) is 0 Å². The third-order valence-electron chi connectivity index (χ3n) is 5.21. The summed E-state index contributed by atoms with van der Waals surface area (Å²) in [6, 6.07) is 15.3. The Morgan fingerprint density at radius 3 is 2.30 bits per heavy atom. The second-order valence-corrected chi connectivity index (χ2v) is 7.28. The van der Waals surface area contributed by atoms with Gasteiger partial charge in [0.1, 0.15) is 0 Å². The Labute approximate surface area is 176 Å². The second kappa shape index (κ2) is 9.39. The number of rotatable bonds is 8. The molecule has 2 aromatic carbocycles. The maximum Gasteiger partial charge on any atom is 0.308 e. The number of likely N-dealkylation sites (N-methyl/N-ethyl adjacent to an activating group) is 1. The Hall–Kier alpha value is -3.41. The van der Waals surface area contributed by atoms with Crippen molar-refractivity contribution in [2.75, 3.05) is 20.2 Å². The van der Waals surface area contributed by atoms with Gasteiger partial charge in [0.25, 0.3) is 11.8 Å². The third-order valence-corrected chi connectivity index (χ3v) is 5.21. The van der Waals surface area contributed by atoms with Crippen LogP contribution in [-0.2, 0) is 27.3 Å². The van der Waals surface area contributed by atoms with Gasteiger partial charge >= 0.3 is 5.97 Å². The van der Waals surface area contributed by atoms with Gasteiger partial charge in [-0.15, -0.1) is 0 Å². The Balaban J connectivity index is 1.43. The maximum absolute atomic E-state index is 12.4. The van der Waals surface area contributed by atoms with E-state index < -0.39 is 5.97 Å². The summed E-state index contributed by atoms with van der Waals surface area (Å²) in [6.07, 6.45) is 0.960. The van der Waals surface area contributed by atoms with Crippen LogP contribution in [0.2, 0.25) is 0 Å². The molecule has 3 rings (SSSR count). The van der Waals surface area contributed by atoms with E-state index in [-0.39, 0.29) is 31.4 Å². The standard InChI is InChI=1S/C24H26N2O4/c1-4-18-9-11-19(12-10-18)15-25(3)22(27)16-30-23(28)13-14-26-17(2)20-7-5-6-8-21(20)24(26)29/h5-12H,2,4,13-16H2,1,3H3. The summed E-state index contributed by atoms with van der Waals surface area (Å²) < 4.78 is 5.11. The number of fused-ring (bicyclic) bond motifs is 1. The van der Waals surface area contributed by atoms with Crippen LogP contribution in [0.1, 0.15) is 40.4 Å². The van der Waals surface area contributed by atoms with Gasteiger partial charge in [-0.25, -0.2) is 0 Å². The number of aryl methyl sites for hydroxylation is 1. The molecular weight excluding hydrogens is 380 g/mol. The van der Waals surface area contributed by atoms with E-state index in [1.807, 2.05) is 36.4 Å². The van der Waals surface area contributed by atoms with Crippen LogP contribution in [0.25, 0.3) is 5.70 Å². The lowest BCUT2D eigenvalue weighted by Crippen LogP contribution is -2.31. The van der Waals surface area contributed by atoms with Gasteiger partial charge in [0.15, 0.2) is 6.61 Å². The van der Waals surface area contributed by atoms with Gasteiger partial charge in [-0.3, -0.25) is 14.4 Å². The number of benzene rings is 2. The van der Waals surface area contributed by atoms with E-state index in [0.717, 1.165) is 17.5 Å². The molecule has 0 saturated carbocycles. The largest absolute Gasteiger partial charge is 0.456 e. The monoisotopic (exact) mass is 406 g/mol. The van der Waals surface area contributed by atoms with Crippen molar-refractivity contribution in [3.8, 4) is 0 Å². The van der Waals surface area contributed by atoms with E-state index in [0.29, 0.717) is 17.8 Å². The summed E-state index contributed by atoms with van der Waals surface area (Å²) in [4.78, 5) is 39.8. The van der Waals surface area contributed by atoms with Crippen LogP contribution in [0.15, 0.2) is 55.1 Å². The van der Waals surface area contributed by atoms with E-state index in [1.165, 1.54) is 15.4 Å². The first kappa shape index (κ1) is 21.3. The lowest BCUT2D eigenvalue weighted by Gasteiger charge is -2.18. The number of carbonyl (C=O) groups is 3. The highest BCUT2D eigenvalue weighted by atomic mass is 16.5. The fourth-order valence-corrected chi connectivity index (χ4v) is 3.34. The zero-order valence-electron chi connectivity index (χ0n) is 17.4. The molecule has 2 amide bonds. The molecule has 1 aliphatic rings. The fourth-order valence-electron chi connectivity index (χ4n) is 3.34. The van der Waals surface area contributed by atoms with Crippen LogP contribution in [0, 0.1) is 0 Å². The number of esters is 1. The molecule has 156 valence electrons. The topological polar surface area (TPSA) is 66.9 Å². The molecule has 0 aliphatic carbocycles. The van der Waals surface area contributed by atoms with Crippen molar-refractivity contribution in [2.45, 2.75) is 26.3 Å². The molecule has 0 atom stereocenters. The Kier molecular flexibility index (Phi) is 6.67. The highest BCUT2D eigenvalue weighted by Gasteiger charge is 2.30. The summed E-state index contributed by atoms with van der Waals surface area (Å²) in [5, 5.41) is 0. The number of carbonyl (C=O) groups excluding carboxylic acids is 3. The fraction of sp³-hybridized carbons (Fsp3) is 0.292. The van der Waals surface area contributed by atoms with E-state index in [4.69, 9.17) is 4.74 Å². The molecule has 6 nitrogen and oxygen atoms in total. The van der Waals surface area contributed by atoms with E-state index in [9.17, 15) is 14.4 Å². The summed E-state index contributed by atoms with van der Waals surface area (Å²) in [6.45, 7) is 6.33. The van der Waals surface area contributed by atoms with Crippen molar-refractivity contribution in [1.82, 2.24) is 9.80 Å². The van der Waals surface area contributed by atoms with Gasteiger partial charge in [0.2, 0.25) is 0 Å². The molecule has 0 saturated heterocycles. The highest BCUT2D eigenvalue weighted by molar-refractivity contribution is 6.08. The molecule has 0 fully saturated rings. The van der Waals surface area contributed by atoms with Crippen molar-refractivity contribution < 1.29 is 19.1 Å². The Morgan fingerprint density at radius 2 is 1.67 bits per heavy atom. The van der Waals surface area contributed by atoms with Gasteiger partial charge in [0, 0.05) is 37.0 Å². The first-order valence-corrected chi connectivity index (χ1v) is 9.98. The summed E-state index contributed by atoms with van der Waals surface area (Å²) in [5.41, 5.74) is 4.19. The molecular formula is C24H26N2O4. The van der Waals surface area contributed by atoms with Crippen LogP contribution in [-0.4, -0.2) is 47.8 Å². The normalized spacial score (nSPS) is 12.7. The number of amides is 2. The SMILES string of the molecule is C=C1c2ccccc2C(=O)N1CCC(=O)OCC(=O)N(C)Cc1ccc(CC)cc1. The summed E-state index contributed by atoms with van der Waals surface area (Å²) in [7, 11) is 1.67. The van der Waals surface area contributed by atoms with E-state index >= 15 is 0 Å². The molecule has 6 heteroatoms. The predicted molar refractivity (Wildman–Crippen MR) is 114 cm³/mol. The molecule has 1 heterocycles. The van der Waals surface area contributed by atoms with Crippen molar-refractivity contribution in [2.24, 2.45) is 0 Å². The third kappa shape index (κ3) is 4.76. The smallest absolute Gasteiger partial charge is 0.308 e. The molecule has 2 aromatic rings. The molecule has 0 N–H and O–H groups in total. The Morgan fingerprint density at radius 1 is 1.03 bits per heavy atom. The average Bonchev–Trinajstić information content (AvgIpc) is 3.01. The zero-order chi connectivity index (χ0) is 21.7. The minimum Gasteiger partial charge on any atom is -0.456 e. The van der Waals surface area contributed by atoms with Gasteiger partial charge in [-0.05, 0) is 23.6 Å². The van der Waals surface area contributed by atoms with Crippen molar-refractivity contribution >= 4 is 23.5 Å². The molecule has 1 aliphatic heterocycles. The average molecular weight is 406 g/mol. The van der Waals surface area contributed by atoms with Crippen LogP contribution in [0.3, 0.4) is 0 Å². The lowest BCUT2D eigenvalue weighted by molar-refractivity contribution is -0.151. The second-order valence-electron chi connectivity index (χ2n) is 7.28.